The van der Waals surface area contributed by atoms with Gasteiger partial charge in [0, 0.05) is 6.92 Å². The molecule has 1 aromatic heterocycles. The van der Waals surface area contributed by atoms with Crippen LogP contribution in [0.5, 0.6) is 17.2 Å². The lowest BCUT2D eigenvalue weighted by atomic mass is 9.96. The van der Waals surface area contributed by atoms with Gasteiger partial charge in [-0.15, -0.1) is 0 Å². The number of rotatable bonds is 7. The van der Waals surface area contributed by atoms with Crippen LogP contribution >= 0.6 is 11.3 Å². The molecule has 0 spiro atoms. The molecule has 0 fully saturated rings. The lowest BCUT2D eigenvalue weighted by molar-refractivity contribution is -0.139. The zero-order valence-electron chi connectivity index (χ0n) is 21.1. The molecule has 37 heavy (non-hydrogen) atoms. The molecule has 0 saturated carbocycles. The normalized spacial score (nSPS) is 15.1. The number of thiazole rings is 1. The highest BCUT2D eigenvalue weighted by Gasteiger charge is 2.33. The maximum atomic E-state index is 13.7. The van der Waals surface area contributed by atoms with E-state index in [-0.39, 0.29) is 17.7 Å². The third-order valence-corrected chi connectivity index (χ3v) is 6.66. The SMILES string of the molecule is CCOC(=O)C1=C(C)N=c2sc(=Cc3ccc(OC)c(OC)c3)c(=O)n2[C@@H]1c1ccc(OC(C)=O)cc1. The number of carbonyl (C=O) groups excluding carboxylic acids is 2. The van der Waals surface area contributed by atoms with E-state index in [0.29, 0.717) is 37.8 Å². The maximum Gasteiger partial charge on any atom is 0.338 e. The maximum absolute atomic E-state index is 13.7. The number of fused-ring (bicyclic) bond motifs is 1. The summed E-state index contributed by atoms with van der Waals surface area (Å²) in [5.74, 6) is 0.476. The Morgan fingerprint density at radius 2 is 1.78 bits per heavy atom. The molecule has 0 aliphatic carbocycles. The number of hydrogen-bond acceptors (Lipinski definition) is 9. The minimum Gasteiger partial charge on any atom is -0.493 e. The van der Waals surface area contributed by atoms with Crippen LogP contribution in [-0.2, 0) is 14.3 Å². The van der Waals surface area contributed by atoms with Gasteiger partial charge >= 0.3 is 11.9 Å². The molecule has 2 heterocycles. The first kappa shape index (κ1) is 25.9. The van der Waals surface area contributed by atoms with Crippen LogP contribution in [0, 0.1) is 0 Å². The molecule has 0 bridgehead atoms. The lowest BCUT2D eigenvalue weighted by Crippen LogP contribution is -2.39. The number of methoxy groups -OCH3 is 2. The van der Waals surface area contributed by atoms with E-state index in [1.807, 2.05) is 6.07 Å². The lowest BCUT2D eigenvalue weighted by Gasteiger charge is -2.24. The van der Waals surface area contributed by atoms with E-state index in [1.54, 1.807) is 70.5 Å². The molecule has 1 atom stereocenters. The number of aromatic nitrogens is 1. The number of esters is 2. The molecular weight excluding hydrogens is 496 g/mol. The smallest absolute Gasteiger partial charge is 0.338 e. The summed E-state index contributed by atoms with van der Waals surface area (Å²) in [6.45, 7) is 4.93. The second kappa shape index (κ2) is 10.8. The van der Waals surface area contributed by atoms with Crippen molar-refractivity contribution in [1.82, 2.24) is 4.57 Å². The van der Waals surface area contributed by atoms with Crippen molar-refractivity contribution in [3.63, 3.8) is 0 Å². The zero-order chi connectivity index (χ0) is 26.7. The summed E-state index contributed by atoms with van der Waals surface area (Å²) in [4.78, 5) is 43.1. The molecule has 9 nitrogen and oxygen atoms in total. The number of benzene rings is 2. The number of carbonyl (C=O) groups is 2. The second-order valence-corrected chi connectivity index (χ2v) is 9.09. The van der Waals surface area contributed by atoms with Gasteiger partial charge in [-0.25, -0.2) is 9.79 Å². The van der Waals surface area contributed by atoms with Gasteiger partial charge in [0.05, 0.1) is 42.7 Å². The summed E-state index contributed by atoms with van der Waals surface area (Å²) in [5, 5.41) is 0. The highest BCUT2D eigenvalue weighted by atomic mass is 32.1. The van der Waals surface area contributed by atoms with Crippen LogP contribution in [0.2, 0.25) is 0 Å². The molecule has 1 aliphatic heterocycles. The van der Waals surface area contributed by atoms with E-state index in [0.717, 1.165) is 5.56 Å². The van der Waals surface area contributed by atoms with Crippen molar-refractivity contribution in [3.05, 3.63) is 84.5 Å². The van der Waals surface area contributed by atoms with Crippen molar-refractivity contribution in [2.45, 2.75) is 26.8 Å². The summed E-state index contributed by atoms with van der Waals surface area (Å²) in [5.41, 5.74) is 1.82. The van der Waals surface area contributed by atoms with Gasteiger partial charge in [0.15, 0.2) is 16.3 Å². The number of allylic oxidation sites excluding steroid dienone is 1. The number of hydrogen-bond donors (Lipinski definition) is 0. The van der Waals surface area contributed by atoms with Gasteiger partial charge in [0.1, 0.15) is 5.75 Å². The van der Waals surface area contributed by atoms with Crippen molar-refractivity contribution >= 4 is 29.4 Å². The Labute approximate surface area is 216 Å². The van der Waals surface area contributed by atoms with Crippen LogP contribution in [0.4, 0.5) is 0 Å². The molecule has 192 valence electrons. The number of ether oxygens (including phenoxy) is 4. The zero-order valence-corrected chi connectivity index (χ0v) is 21.9. The van der Waals surface area contributed by atoms with Crippen molar-refractivity contribution in [1.29, 1.82) is 0 Å². The fourth-order valence-corrected chi connectivity index (χ4v) is 5.13. The molecule has 1 aliphatic rings. The van der Waals surface area contributed by atoms with E-state index in [9.17, 15) is 14.4 Å². The van der Waals surface area contributed by atoms with Crippen molar-refractivity contribution < 1.29 is 28.5 Å². The van der Waals surface area contributed by atoms with Crippen molar-refractivity contribution in [2.24, 2.45) is 4.99 Å². The Balaban J connectivity index is 1.89. The predicted molar refractivity (Wildman–Crippen MR) is 138 cm³/mol. The Morgan fingerprint density at radius 3 is 2.41 bits per heavy atom. The monoisotopic (exact) mass is 522 g/mol. The van der Waals surface area contributed by atoms with Crippen molar-refractivity contribution in [2.75, 3.05) is 20.8 Å². The van der Waals surface area contributed by atoms with Gasteiger partial charge in [0.2, 0.25) is 0 Å². The van der Waals surface area contributed by atoms with Gasteiger partial charge in [-0.05, 0) is 55.3 Å². The second-order valence-electron chi connectivity index (χ2n) is 8.08. The molecule has 10 heteroatoms. The van der Waals surface area contributed by atoms with Gasteiger partial charge in [-0.1, -0.05) is 29.5 Å². The molecule has 3 aromatic rings. The minimum absolute atomic E-state index is 0.178. The summed E-state index contributed by atoms with van der Waals surface area (Å²) < 4.78 is 23.1. The Kier molecular flexibility index (Phi) is 7.58. The molecule has 0 saturated heterocycles. The fourth-order valence-electron chi connectivity index (χ4n) is 4.09. The molecule has 0 N–H and O–H groups in total. The van der Waals surface area contributed by atoms with Crippen LogP contribution in [0.25, 0.3) is 6.08 Å². The van der Waals surface area contributed by atoms with Crippen molar-refractivity contribution in [3.8, 4) is 17.2 Å². The molecule has 0 unspecified atom stereocenters. The first-order valence-electron chi connectivity index (χ1n) is 11.5. The van der Waals surface area contributed by atoms with Crippen LogP contribution in [0.15, 0.2) is 63.5 Å². The van der Waals surface area contributed by atoms with E-state index in [2.05, 4.69) is 4.99 Å². The first-order chi connectivity index (χ1) is 17.8. The van der Waals surface area contributed by atoms with Gasteiger partial charge in [-0.3, -0.25) is 14.2 Å². The van der Waals surface area contributed by atoms with E-state index in [1.165, 1.54) is 22.8 Å². The Hall–Kier alpha value is -4.18. The number of nitrogens with zero attached hydrogens (tertiary/aromatic N) is 2. The average molecular weight is 523 g/mol. The third kappa shape index (κ3) is 5.19. The van der Waals surface area contributed by atoms with Crippen LogP contribution in [0.1, 0.15) is 37.9 Å². The van der Waals surface area contributed by atoms with Gasteiger partial charge < -0.3 is 18.9 Å². The minimum atomic E-state index is -0.769. The average Bonchev–Trinajstić information content (AvgIpc) is 3.17. The van der Waals surface area contributed by atoms with Crippen LogP contribution < -0.4 is 29.1 Å². The van der Waals surface area contributed by atoms with Gasteiger partial charge in [-0.2, -0.15) is 0 Å². The topological polar surface area (TPSA) is 105 Å². The highest BCUT2D eigenvalue weighted by Crippen LogP contribution is 2.32. The first-order valence-corrected chi connectivity index (χ1v) is 12.3. The molecule has 0 amide bonds. The van der Waals surface area contributed by atoms with E-state index >= 15 is 0 Å². The Bertz CT molecular complexity index is 1570. The molecular formula is C27H26N2O7S. The van der Waals surface area contributed by atoms with E-state index < -0.39 is 18.0 Å². The summed E-state index contributed by atoms with van der Waals surface area (Å²) in [6.07, 6.45) is 1.75. The molecule has 2 aromatic carbocycles. The predicted octanol–water partition coefficient (Wildman–Crippen LogP) is 2.74. The van der Waals surface area contributed by atoms with E-state index in [4.69, 9.17) is 18.9 Å². The summed E-state index contributed by atoms with van der Waals surface area (Å²) in [6, 6.07) is 11.3. The Morgan fingerprint density at radius 1 is 1.08 bits per heavy atom. The van der Waals surface area contributed by atoms with Gasteiger partial charge in [0.25, 0.3) is 5.56 Å². The van der Waals surface area contributed by atoms with Crippen LogP contribution in [0.3, 0.4) is 0 Å². The third-order valence-electron chi connectivity index (χ3n) is 5.68. The standard InChI is InChI=1S/C27H26N2O7S/c1-6-35-26(32)23-15(2)28-27-29(24(23)18-8-10-19(11-9-18)36-16(3)30)25(31)22(37-27)14-17-7-12-20(33-4)21(13-17)34-5/h7-14,24H,6H2,1-5H3/t24-/m1/s1. The largest absolute Gasteiger partial charge is 0.493 e. The highest BCUT2D eigenvalue weighted by molar-refractivity contribution is 7.07. The summed E-state index contributed by atoms with van der Waals surface area (Å²) >= 11 is 1.22. The fraction of sp³-hybridized carbons (Fsp3) is 0.259. The molecule has 0 radical (unpaired) electrons. The quantitative estimate of drug-likeness (QED) is 0.347. The summed E-state index contributed by atoms with van der Waals surface area (Å²) in [7, 11) is 3.10. The van der Waals surface area contributed by atoms with Crippen LogP contribution in [-0.4, -0.2) is 37.3 Å². The molecule has 4 rings (SSSR count).